The van der Waals surface area contributed by atoms with Crippen LogP contribution >= 0.6 is 22.9 Å². The normalized spacial score (nSPS) is 16.5. The number of sulfonamides is 1. The van der Waals surface area contributed by atoms with Crippen LogP contribution in [0.3, 0.4) is 0 Å². The minimum absolute atomic E-state index is 0.0569. The lowest BCUT2D eigenvalue weighted by Gasteiger charge is -2.39. The Morgan fingerprint density at radius 1 is 1.18 bits per heavy atom. The lowest BCUT2D eigenvalue weighted by atomic mass is 10.0. The number of nitrogens with zero attached hydrogens (tertiary/aromatic N) is 5. The lowest BCUT2D eigenvalue weighted by molar-refractivity contribution is -0.128. The zero-order valence-electron chi connectivity index (χ0n) is 24.8. The average molecular weight is 675 g/mol. The van der Waals surface area contributed by atoms with E-state index in [9.17, 15) is 22.8 Å². The minimum Gasteiger partial charge on any atom is -0.353 e. The van der Waals surface area contributed by atoms with Crippen molar-refractivity contribution in [2.75, 3.05) is 38.6 Å². The van der Waals surface area contributed by atoms with Gasteiger partial charge in [-0.05, 0) is 70.3 Å². The fourth-order valence-electron chi connectivity index (χ4n) is 5.25. The van der Waals surface area contributed by atoms with Crippen LogP contribution in [0.5, 0.6) is 0 Å². The van der Waals surface area contributed by atoms with Crippen LogP contribution < -0.4 is 15.8 Å². The third kappa shape index (κ3) is 6.79. The molecule has 2 amide bonds. The molecule has 1 saturated heterocycles. The smallest absolute Gasteiger partial charge is 0.255 e. The van der Waals surface area contributed by atoms with Gasteiger partial charge in [0.05, 0.1) is 11.4 Å². The van der Waals surface area contributed by atoms with Gasteiger partial charge in [-0.15, -0.1) is 11.3 Å². The zero-order valence-corrected chi connectivity index (χ0v) is 27.2. The van der Waals surface area contributed by atoms with Gasteiger partial charge in [-0.3, -0.25) is 19.0 Å². The second-order valence-corrected chi connectivity index (χ2v) is 14.4. The number of halogens is 2. The van der Waals surface area contributed by atoms with E-state index in [0.717, 1.165) is 21.7 Å². The SMILES string of the molecule is CC(C(=O)NCCN(C)C)N(C1CCCN(c2ccc(-n3ccccc3=O)cc2F)C1=O)S(=O)(=O)c1cc2ccc(Cl)nc2s1. The number of amides is 2. The highest BCUT2D eigenvalue weighted by Crippen LogP contribution is 2.35. The van der Waals surface area contributed by atoms with Gasteiger partial charge in [0.15, 0.2) is 0 Å². The third-order valence-electron chi connectivity index (χ3n) is 7.52. The number of rotatable bonds is 10. The number of piperidine rings is 1. The largest absolute Gasteiger partial charge is 0.353 e. The van der Waals surface area contributed by atoms with E-state index in [0.29, 0.717) is 23.2 Å². The molecular formula is C30H32ClFN6O5S2. The van der Waals surface area contributed by atoms with Gasteiger partial charge in [0, 0.05) is 43.4 Å². The van der Waals surface area contributed by atoms with Gasteiger partial charge >= 0.3 is 0 Å². The van der Waals surface area contributed by atoms with E-state index in [1.165, 1.54) is 46.9 Å². The van der Waals surface area contributed by atoms with Crippen molar-refractivity contribution in [3.63, 3.8) is 0 Å². The van der Waals surface area contributed by atoms with E-state index in [4.69, 9.17) is 11.6 Å². The quantitative estimate of drug-likeness (QED) is 0.256. The molecule has 2 atom stereocenters. The van der Waals surface area contributed by atoms with Crippen LogP contribution in [0.4, 0.5) is 10.1 Å². The van der Waals surface area contributed by atoms with E-state index >= 15 is 4.39 Å². The van der Waals surface area contributed by atoms with Crippen molar-refractivity contribution in [3.8, 4) is 5.69 Å². The van der Waals surface area contributed by atoms with Gasteiger partial charge in [-0.2, -0.15) is 4.31 Å². The van der Waals surface area contributed by atoms with Crippen molar-refractivity contribution in [1.29, 1.82) is 0 Å². The first-order chi connectivity index (χ1) is 21.4. The van der Waals surface area contributed by atoms with E-state index in [-0.39, 0.29) is 45.8 Å². The van der Waals surface area contributed by atoms with E-state index in [1.54, 1.807) is 24.3 Å². The second kappa shape index (κ2) is 13.3. The maximum absolute atomic E-state index is 15.6. The van der Waals surface area contributed by atoms with Gasteiger partial charge in [-0.25, -0.2) is 17.8 Å². The highest BCUT2D eigenvalue weighted by molar-refractivity contribution is 7.91. The molecule has 5 rings (SSSR count). The summed E-state index contributed by atoms with van der Waals surface area (Å²) in [5.74, 6) is -1.99. The van der Waals surface area contributed by atoms with Crippen molar-refractivity contribution in [2.24, 2.45) is 0 Å². The van der Waals surface area contributed by atoms with Crippen LogP contribution in [0.1, 0.15) is 19.8 Å². The molecule has 1 aliphatic heterocycles. The maximum atomic E-state index is 15.6. The van der Waals surface area contributed by atoms with E-state index in [1.807, 2.05) is 19.0 Å². The Morgan fingerprint density at radius 2 is 1.96 bits per heavy atom. The van der Waals surface area contributed by atoms with Gasteiger partial charge in [-0.1, -0.05) is 17.7 Å². The van der Waals surface area contributed by atoms with Gasteiger partial charge in [0.25, 0.3) is 15.6 Å². The van der Waals surface area contributed by atoms with E-state index < -0.39 is 39.7 Å². The fourth-order valence-corrected chi connectivity index (χ4v) is 8.66. The number of hydrogen-bond acceptors (Lipinski definition) is 8. The Morgan fingerprint density at radius 3 is 2.67 bits per heavy atom. The van der Waals surface area contributed by atoms with Crippen molar-refractivity contribution in [1.82, 2.24) is 24.1 Å². The molecule has 0 saturated carbocycles. The van der Waals surface area contributed by atoms with E-state index in [2.05, 4.69) is 10.3 Å². The molecular weight excluding hydrogens is 643 g/mol. The summed E-state index contributed by atoms with van der Waals surface area (Å²) in [5.41, 5.74) is -0.136. The van der Waals surface area contributed by atoms with Crippen LogP contribution in [-0.4, -0.2) is 84.8 Å². The number of nitrogens with one attached hydrogen (secondary N) is 1. The van der Waals surface area contributed by atoms with Crippen LogP contribution in [0.25, 0.3) is 15.9 Å². The Balaban J connectivity index is 1.51. The Kier molecular flexibility index (Phi) is 9.70. The van der Waals surface area contributed by atoms with Crippen molar-refractivity contribution >= 4 is 60.7 Å². The lowest BCUT2D eigenvalue weighted by Crippen LogP contribution is -2.59. The van der Waals surface area contributed by atoms with Crippen LogP contribution in [0.2, 0.25) is 5.15 Å². The topological polar surface area (TPSA) is 125 Å². The molecule has 2 unspecified atom stereocenters. The summed E-state index contributed by atoms with van der Waals surface area (Å²) in [6.07, 6.45) is 1.97. The molecule has 238 valence electrons. The van der Waals surface area contributed by atoms with Crippen molar-refractivity contribution in [2.45, 2.75) is 36.1 Å². The summed E-state index contributed by atoms with van der Waals surface area (Å²) < 4.78 is 46.3. The molecule has 45 heavy (non-hydrogen) atoms. The number of anilines is 1. The predicted molar refractivity (Wildman–Crippen MR) is 172 cm³/mol. The molecule has 0 bridgehead atoms. The third-order valence-corrected chi connectivity index (χ3v) is 11.2. The Hall–Kier alpha value is -3.69. The number of fused-ring (bicyclic) bond motifs is 1. The summed E-state index contributed by atoms with van der Waals surface area (Å²) in [6.45, 7) is 2.36. The van der Waals surface area contributed by atoms with Crippen LogP contribution in [0.15, 0.2) is 69.8 Å². The number of hydrogen-bond donors (Lipinski definition) is 1. The maximum Gasteiger partial charge on any atom is 0.255 e. The number of carbonyl (C=O) groups excluding carboxylic acids is 2. The molecule has 0 radical (unpaired) electrons. The molecule has 4 heterocycles. The summed E-state index contributed by atoms with van der Waals surface area (Å²) in [5, 5.41) is 3.50. The van der Waals surface area contributed by atoms with Gasteiger partial charge in [0.1, 0.15) is 32.1 Å². The molecule has 11 nitrogen and oxygen atoms in total. The summed E-state index contributed by atoms with van der Waals surface area (Å²) in [7, 11) is -0.758. The average Bonchev–Trinajstić information content (AvgIpc) is 3.42. The number of benzene rings is 1. The van der Waals surface area contributed by atoms with Gasteiger partial charge < -0.3 is 15.1 Å². The minimum atomic E-state index is -4.44. The number of pyridine rings is 2. The van der Waals surface area contributed by atoms with Gasteiger partial charge in [0.2, 0.25) is 11.8 Å². The molecule has 1 N–H and O–H groups in total. The molecule has 0 spiro atoms. The summed E-state index contributed by atoms with van der Waals surface area (Å²) >= 11 is 6.92. The van der Waals surface area contributed by atoms with Crippen LogP contribution in [-0.2, 0) is 19.6 Å². The number of likely N-dealkylation sites (N-methyl/N-ethyl adjacent to an activating group) is 1. The summed E-state index contributed by atoms with van der Waals surface area (Å²) in [6, 6.07) is 10.7. The molecule has 1 fully saturated rings. The standard InChI is InChI=1S/C30H32ClFN6O5S2/c1-19(28(40)33-13-16-35(2)3)38(45(42,43)27-17-20-9-12-25(31)34-29(20)44-27)24-7-6-15-37(30(24)41)23-11-10-21(18-22(23)32)36-14-5-4-8-26(36)39/h4-5,8-12,14,17-19,24H,6-7,13,15-16H2,1-3H3,(H,33,40). The number of carbonyl (C=O) groups is 2. The predicted octanol–water partition coefficient (Wildman–Crippen LogP) is 3.49. The Bertz CT molecular complexity index is 1910. The molecule has 1 aliphatic rings. The van der Waals surface area contributed by atoms with Crippen LogP contribution in [0, 0.1) is 5.82 Å². The first kappa shape index (κ1) is 32.7. The number of thiophene rings is 1. The molecule has 0 aliphatic carbocycles. The van der Waals surface area contributed by atoms with Crippen molar-refractivity contribution < 1.29 is 22.4 Å². The molecule has 4 aromatic rings. The molecule has 1 aromatic carbocycles. The highest BCUT2D eigenvalue weighted by Gasteiger charge is 2.45. The second-order valence-electron chi connectivity index (χ2n) is 10.9. The summed E-state index contributed by atoms with van der Waals surface area (Å²) in [4.78, 5) is 47.4. The Labute approximate surface area is 268 Å². The fraction of sp³-hybridized carbons (Fsp3) is 0.333. The first-order valence-corrected chi connectivity index (χ1v) is 16.8. The van der Waals surface area contributed by atoms with Crippen molar-refractivity contribution in [3.05, 3.63) is 82.1 Å². The first-order valence-electron chi connectivity index (χ1n) is 14.2. The monoisotopic (exact) mass is 674 g/mol. The highest BCUT2D eigenvalue weighted by atomic mass is 35.5. The molecule has 3 aromatic heterocycles. The number of aromatic nitrogens is 2. The zero-order chi connectivity index (χ0) is 32.5. The molecule has 15 heteroatoms.